The van der Waals surface area contributed by atoms with E-state index in [0.717, 1.165) is 0 Å². The van der Waals surface area contributed by atoms with Gasteiger partial charge in [0.25, 0.3) is 0 Å². The number of Topliss-reactive ketones (excluding diaryl/α,β-unsaturated/α-hetero) is 1. The highest BCUT2D eigenvalue weighted by Crippen LogP contribution is 2.16. The summed E-state index contributed by atoms with van der Waals surface area (Å²) in [5.74, 6) is -1.36. The van der Waals surface area contributed by atoms with Gasteiger partial charge < -0.3 is 14.8 Å². The Balaban J connectivity index is 2.00. The molecule has 2 rings (SSSR count). The lowest BCUT2D eigenvalue weighted by Gasteiger charge is -2.14. The predicted molar refractivity (Wildman–Crippen MR) is 116 cm³/mol. The molecule has 0 aromatic heterocycles. The van der Waals surface area contributed by atoms with Crippen LogP contribution in [-0.2, 0) is 14.3 Å². The van der Waals surface area contributed by atoms with Crippen molar-refractivity contribution in [3.05, 3.63) is 59.7 Å². The molecule has 2 aromatic rings. The Morgan fingerprint density at radius 2 is 1.55 bits per heavy atom. The van der Waals surface area contributed by atoms with Crippen molar-refractivity contribution in [2.75, 3.05) is 17.2 Å². The molecule has 8 heteroatoms. The average Bonchev–Trinajstić information content (AvgIpc) is 2.74. The Kier molecular flexibility index (Phi) is 8.31. The zero-order valence-electron chi connectivity index (χ0n) is 17.9. The number of esters is 1. The molecule has 0 aliphatic rings. The third-order valence-electron chi connectivity index (χ3n) is 4.23. The summed E-state index contributed by atoms with van der Waals surface area (Å²) in [7, 11) is 0. The van der Waals surface area contributed by atoms with Crippen molar-refractivity contribution in [3.63, 3.8) is 0 Å². The zero-order chi connectivity index (χ0) is 23.0. The highest BCUT2D eigenvalue weighted by Gasteiger charge is 2.21. The van der Waals surface area contributed by atoms with Gasteiger partial charge in [0.2, 0.25) is 11.7 Å². The maximum Gasteiger partial charge on any atom is 0.411 e. The second-order valence-electron chi connectivity index (χ2n) is 7.06. The van der Waals surface area contributed by atoms with Crippen LogP contribution in [0.3, 0.4) is 0 Å². The van der Waals surface area contributed by atoms with Gasteiger partial charge in [0.15, 0.2) is 6.10 Å². The fourth-order valence-corrected chi connectivity index (χ4v) is 2.53. The lowest BCUT2D eigenvalue weighted by molar-refractivity contribution is -0.118. The lowest BCUT2D eigenvalue weighted by atomic mass is 10.1. The molecule has 31 heavy (non-hydrogen) atoms. The van der Waals surface area contributed by atoms with Crippen LogP contribution in [0.5, 0.6) is 0 Å². The topological polar surface area (TPSA) is 111 Å². The van der Waals surface area contributed by atoms with E-state index in [1.54, 1.807) is 57.2 Å². The number of ether oxygens (including phenoxy) is 2. The van der Waals surface area contributed by atoms with Crippen molar-refractivity contribution >= 4 is 35.1 Å². The van der Waals surface area contributed by atoms with Gasteiger partial charge in [-0.1, -0.05) is 19.9 Å². The molecule has 0 aliphatic heterocycles. The molecule has 0 fully saturated rings. The summed E-state index contributed by atoms with van der Waals surface area (Å²) in [6.07, 6.45) is -1.66. The van der Waals surface area contributed by atoms with E-state index in [2.05, 4.69) is 10.6 Å². The van der Waals surface area contributed by atoms with Crippen LogP contribution < -0.4 is 10.6 Å². The third-order valence-corrected chi connectivity index (χ3v) is 4.23. The molecule has 0 bridgehead atoms. The van der Waals surface area contributed by atoms with Crippen LogP contribution in [0, 0.1) is 5.92 Å². The van der Waals surface area contributed by atoms with Gasteiger partial charge in [-0.15, -0.1) is 0 Å². The minimum atomic E-state index is -1.02. The fraction of sp³-hybridized carbons (Fsp3) is 0.304. The minimum Gasteiger partial charge on any atom is -0.451 e. The molecular weight excluding hydrogens is 400 g/mol. The monoisotopic (exact) mass is 426 g/mol. The van der Waals surface area contributed by atoms with E-state index < -0.39 is 18.2 Å². The van der Waals surface area contributed by atoms with Gasteiger partial charge in [0.05, 0.1) is 12.2 Å². The van der Waals surface area contributed by atoms with Crippen LogP contribution >= 0.6 is 0 Å². The van der Waals surface area contributed by atoms with Crippen LogP contribution in [-0.4, -0.2) is 36.5 Å². The van der Waals surface area contributed by atoms with Gasteiger partial charge in [0, 0.05) is 22.9 Å². The van der Waals surface area contributed by atoms with Crippen molar-refractivity contribution in [1.29, 1.82) is 0 Å². The predicted octanol–water partition coefficient (Wildman–Crippen LogP) is 4.28. The number of carbonyl (C=O) groups excluding carboxylic acids is 4. The van der Waals surface area contributed by atoms with Crippen molar-refractivity contribution in [1.82, 2.24) is 0 Å². The molecule has 8 nitrogen and oxygen atoms in total. The van der Waals surface area contributed by atoms with Gasteiger partial charge in [-0.2, -0.15) is 0 Å². The Hall–Kier alpha value is -3.68. The smallest absolute Gasteiger partial charge is 0.411 e. The molecule has 2 aromatic carbocycles. The fourth-order valence-electron chi connectivity index (χ4n) is 2.53. The summed E-state index contributed by atoms with van der Waals surface area (Å²) in [6, 6.07) is 12.5. The largest absolute Gasteiger partial charge is 0.451 e. The number of carbonyl (C=O) groups is 4. The Morgan fingerprint density at radius 1 is 0.871 bits per heavy atom. The van der Waals surface area contributed by atoms with Gasteiger partial charge in [-0.25, -0.2) is 9.59 Å². The molecule has 2 amide bonds. The molecule has 2 N–H and O–H groups in total. The van der Waals surface area contributed by atoms with Crippen molar-refractivity contribution in [3.8, 4) is 0 Å². The van der Waals surface area contributed by atoms with Crippen molar-refractivity contribution in [2.45, 2.75) is 33.8 Å². The summed E-state index contributed by atoms with van der Waals surface area (Å²) < 4.78 is 10.1. The second kappa shape index (κ2) is 10.9. The highest BCUT2D eigenvalue weighted by atomic mass is 16.6. The molecule has 0 saturated heterocycles. The van der Waals surface area contributed by atoms with Crippen molar-refractivity contribution < 1.29 is 28.7 Å². The molecular formula is C23H26N2O6. The first-order valence-electron chi connectivity index (χ1n) is 9.91. The SMILES string of the molecule is CCOC(=O)Nc1cccc(C(=O)OC(C)C(=O)c2ccc(NC(=O)C(C)C)cc2)c1. The summed E-state index contributed by atoms with van der Waals surface area (Å²) in [5.41, 5.74) is 1.47. The average molecular weight is 426 g/mol. The normalized spacial score (nSPS) is 11.4. The Bertz CT molecular complexity index is 953. The quantitative estimate of drug-likeness (QED) is 0.482. The van der Waals surface area contributed by atoms with E-state index in [4.69, 9.17) is 9.47 Å². The van der Waals surface area contributed by atoms with Crippen LogP contribution in [0.2, 0.25) is 0 Å². The molecule has 0 heterocycles. The van der Waals surface area contributed by atoms with E-state index in [-0.39, 0.29) is 29.8 Å². The molecule has 0 radical (unpaired) electrons. The van der Waals surface area contributed by atoms with Gasteiger partial charge in [-0.05, 0) is 56.3 Å². The first-order valence-corrected chi connectivity index (χ1v) is 9.91. The number of nitrogens with one attached hydrogen (secondary N) is 2. The van der Waals surface area contributed by atoms with E-state index in [0.29, 0.717) is 16.9 Å². The van der Waals surface area contributed by atoms with E-state index >= 15 is 0 Å². The third kappa shape index (κ3) is 6.95. The van der Waals surface area contributed by atoms with E-state index in [1.807, 2.05) is 0 Å². The second-order valence-corrected chi connectivity index (χ2v) is 7.06. The number of rotatable bonds is 8. The molecule has 0 aliphatic carbocycles. The molecule has 1 unspecified atom stereocenters. The minimum absolute atomic E-state index is 0.124. The van der Waals surface area contributed by atoms with E-state index in [9.17, 15) is 19.2 Å². The van der Waals surface area contributed by atoms with Gasteiger partial charge in [0.1, 0.15) is 0 Å². The molecule has 0 saturated carbocycles. The number of amides is 2. The Morgan fingerprint density at radius 3 is 2.16 bits per heavy atom. The van der Waals surface area contributed by atoms with Crippen LogP contribution in [0.1, 0.15) is 48.4 Å². The van der Waals surface area contributed by atoms with Crippen LogP contribution in [0.4, 0.5) is 16.2 Å². The maximum absolute atomic E-state index is 12.6. The lowest BCUT2D eigenvalue weighted by Crippen LogP contribution is -2.24. The Labute approximate surface area is 180 Å². The first kappa shape index (κ1) is 23.6. The number of ketones is 1. The van der Waals surface area contributed by atoms with Crippen LogP contribution in [0.25, 0.3) is 0 Å². The summed E-state index contributed by atoms with van der Waals surface area (Å²) in [6.45, 7) is 6.95. The van der Waals surface area contributed by atoms with Crippen LogP contribution in [0.15, 0.2) is 48.5 Å². The standard InChI is InChI=1S/C23H26N2O6/c1-5-30-23(29)25-19-8-6-7-17(13-19)22(28)31-15(4)20(26)16-9-11-18(12-10-16)24-21(27)14(2)3/h6-15H,5H2,1-4H3,(H,24,27)(H,25,29). The number of hydrogen-bond acceptors (Lipinski definition) is 6. The maximum atomic E-state index is 12.6. The van der Waals surface area contributed by atoms with E-state index in [1.165, 1.54) is 19.1 Å². The number of anilines is 2. The number of hydrogen-bond donors (Lipinski definition) is 2. The van der Waals surface area contributed by atoms with Crippen molar-refractivity contribution in [2.24, 2.45) is 5.92 Å². The highest BCUT2D eigenvalue weighted by molar-refractivity contribution is 6.02. The molecule has 164 valence electrons. The van der Waals surface area contributed by atoms with Gasteiger partial charge in [-0.3, -0.25) is 14.9 Å². The zero-order valence-corrected chi connectivity index (χ0v) is 17.9. The summed E-state index contributed by atoms with van der Waals surface area (Å²) in [4.78, 5) is 48.3. The summed E-state index contributed by atoms with van der Waals surface area (Å²) in [5, 5.41) is 5.24. The summed E-state index contributed by atoms with van der Waals surface area (Å²) >= 11 is 0. The first-order chi connectivity index (χ1) is 14.7. The molecule has 0 spiro atoms. The number of benzene rings is 2. The molecule has 1 atom stereocenters. The van der Waals surface area contributed by atoms with Gasteiger partial charge >= 0.3 is 12.1 Å².